The largest absolute Gasteiger partial charge is 0.481 e. The Kier molecular flexibility index (Phi) is 4.38. The topological polar surface area (TPSA) is 46.5 Å². The van der Waals surface area contributed by atoms with E-state index in [4.69, 9.17) is 4.74 Å². The quantitative estimate of drug-likeness (QED) is 0.921. The Bertz CT molecular complexity index is 508. The van der Waals surface area contributed by atoms with Gasteiger partial charge >= 0.3 is 5.97 Å². The van der Waals surface area contributed by atoms with Crippen molar-refractivity contribution in [2.24, 2.45) is 0 Å². The molecule has 0 saturated heterocycles. The van der Waals surface area contributed by atoms with E-state index in [0.717, 1.165) is 12.5 Å². The third-order valence-electron chi connectivity index (χ3n) is 4.07. The van der Waals surface area contributed by atoms with Gasteiger partial charge in [-0.05, 0) is 18.9 Å². The number of aliphatic carboxylic acids is 1. The summed E-state index contributed by atoms with van der Waals surface area (Å²) < 4.78 is 33.5. The summed E-state index contributed by atoms with van der Waals surface area (Å²) in [7, 11) is 1.41. The van der Waals surface area contributed by atoms with Gasteiger partial charge in [-0.2, -0.15) is 0 Å². The van der Waals surface area contributed by atoms with Crippen molar-refractivity contribution in [1.29, 1.82) is 0 Å². The monoisotopic (exact) mass is 284 g/mol. The first-order valence-corrected chi connectivity index (χ1v) is 6.72. The number of ether oxygens (including phenoxy) is 1. The van der Waals surface area contributed by atoms with Crippen molar-refractivity contribution in [2.75, 3.05) is 7.11 Å². The summed E-state index contributed by atoms with van der Waals surface area (Å²) in [4.78, 5) is 11.7. The summed E-state index contributed by atoms with van der Waals surface area (Å²) in [5, 5.41) is 9.55. The molecule has 2 rings (SSSR count). The average molecular weight is 284 g/mol. The Morgan fingerprint density at radius 1 is 1.30 bits per heavy atom. The van der Waals surface area contributed by atoms with Gasteiger partial charge in [0.2, 0.25) is 0 Å². The van der Waals surface area contributed by atoms with Crippen LogP contribution < -0.4 is 0 Å². The third kappa shape index (κ3) is 2.42. The molecule has 0 radical (unpaired) electrons. The lowest BCUT2D eigenvalue weighted by molar-refractivity contribution is -0.145. The van der Waals surface area contributed by atoms with Gasteiger partial charge in [0.25, 0.3) is 0 Å². The smallest absolute Gasteiger partial charge is 0.314 e. The second kappa shape index (κ2) is 5.87. The Labute approximate surface area is 116 Å². The van der Waals surface area contributed by atoms with E-state index in [2.05, 4.69) is 0 Å². The Morgan fingerprint density at radius 3 is 2.50 bits per heavy atom. The molecule has 5 heteroatoms. The number of hydrogen-bond donors (Lipinski definition) is 1. The zero-order valence-electron chi connectivity index (χ0n) is 11.4. The number of methoxy groups -OCH3 is 1. The first-order chi connectivity index (χ1) is 9.53. The van der Waals surface area contributed by atoms with Crippen LogP contribution >= 0.6 is 0 Å². The molecule has 0 atom stereocenters. The highest BCUT2D eigenvalue weighted by atomic mass is 19.1. The summed E-state index contributed by atoms with van der Waals surface area (Å²) >= 11 is 0. The lowest BCUT2D eigenvalue weighted by Crippen LogP contribution is -2.39. The lowest BCUT2D eigenvalue weighted by atomic mass is 9.68. The van der Waals surface area contributed by atoms with Crippen LogP contribution in [0.3, 0.4) is 0 Å². The van der Waals surface area contributed by atoms with Crippen molar-refractivity contribution in [3.05, 3.63) is 34.9 Å². The zero-order chi connectivity index (χ0) is 14.8. The van der Waals surface area contributed by atoms with Gasteiger partial charge in [-0.15, -0.1) is 0 Å². The molecule has 1 N–H and O–H groups in total. The number of halogens is 2. The van der Waals surface area contributed by atoms with E-state index in [0.29, 0.717) is 12.8 Å². The molecule has 0 bridgehead atoms. The standard InChI is InChI=1S/C15H18F2O3/c1-20-9-10-5-6-11(16)12(13(10)17)15(14(18)19)7-3-2-4-8-15/h5-6H,2-4,7-9H2,1H3,(H,18,19). The summed E-state index contributed by atoms with van der Waals surface area (Å²) in [6, 6.07) is 2.43. The van der Waals surface area contributed by atoms with Crippen molar-refractivity contribution >= 4 is 5.97 Å². The van der Waals surface area contributed by atoms with Gasteiger partial charge in [-0.25, -0.2) is 8.78 Å². The first-order valence-electron chi connectivity index (χ1n) is 6.72. The minimum atomic E-state index is -1.45. The minimum Gasteiger partial charge on any atom is -0.481 e. The maximum atomic E-state index is 14.5. The number of carbonyl (C=O) groups is 1. The van der Waals surface area contributed by atoms with E-state index in [-0.39, 0.29) is 30.6 Å². The van der Waals surface area contributed by atoms with E-state index < -0.39 is 23.0 Å². The van der Waals surface area contributed by atoms with E-state index in [1.54, 1.807) is 0 Å². The number of rotatable bonds is 4. The van der Waals surface area contributed by atoms with Crippen molar-refractivity contribution in [3.63, 3.8) is 0 Å². The second-order valence-corrected chi connectivity index (χ2v) is 5.28. The van der Waals surface area contributed by atoms with Crippen molar-refractivity contribution in [3.8, 4) is 0 Å². The SMILES string of the molecule is COCc1ccc(F)c(C2(C(=O)O)CCCCC2)c1F. The summed E-state index contributed by atoms with van der Waals surface area (Å²) in [6.45, 7) is -0.00515. The molecule has 110 valence electrons. The molecule has 3 nitrogen and oxygen atoms in total. The Balaban J connectivity index is 2.58. The molecule has 1 saturated carbocycles. The van der Waals surface area contributed by atoms with Crippen molar-refractivity contribution < 1.29 is 23.4 Å². The molecule has 0 amide bonds. The molecular weight excluding hydrogens is 266 g/mol. The number of carboxylic acids is 1. The van der Waals surface area contributed by atoms with Gasteiger partial charge in [0.05, 0.1) is 12.0 Å². The van der Waals surface area contributed by atoms with E-state index in [9.17, 15) is 18.7 Å². The van der Waals surface area contributed by atoms with Crippen LogP contribution in [-0.2, 0) is 21.6 Å². The molecule has 1 aliphatic rings. The van der Waals surface area contributed by atoms with Gasteiger partial charge in [0, 0.05) is 18.2 Å². The van der Waals surface area contributed by atoms with Crippen LogP contribution in [0.4, 0.5) is 8.78 Å². The normalized spacial score (nSPS) is 17.9. The van der Waals surface area contributed by atoms with Crippen LogP contribution in [-0.4, -0.2) is 18.2 Å². The van der Waals surface area contributed by atoms with Crippen LogP contribution in [0, 0.1) is 11.6 Å². The summed E-state index contributed by atoms with van der Waals surface area (Å²) in [5.41, 5.74) is -1.56. The van der Waals surface area contributed by atoms with Crippen LogP contribution in [0.1, 0.15) is 43.2 Å². The van der Waals surface area contributed by atoms with E-state index in [1.165, 1.54) is 13.2 Å². The molecule has 0 aliphatic heterocycles. The van der Waals surface area contributed by atoms with Crippen LogP contribution in [0.15, 0.2) is 12.1 Å². The Morgan fingerprint density at radius 2 is 1.95 bits per heavy atom. The van der Waals surface area contributed by atoms with Crippen molar-refractivity contribution in [2.45, 2.75) is 44.1 Å². The maximum absolute atomic E-state index is 14.5. The van der Waals surface area contributed by atoms with E-state index in [1.807, 2.05) is 0 Å². The molecule has 20 heavy (non-hydrogen) atoms. The molecule has 1 aromatic carbocycles. The highest BCUT2D eigenvalue weighted by Crippen LogP contribution is 2.42. The predicted octanol–water partition coefficient (Wildman–Crippen LogP) is 3.40. The lowest BCUT2D eigenvalue weighted by Gasteiger charge is -2.34. The molecule has 1 fully saturated rings. The first kappa shape index (κ1) is 14.9. The van der Waals surface area contributed by atoms with Crippen molar-refractivity contribution in [1.82, 2.24) is 0 Å². The molecule has 1 aromatic rings. The molecule has 0 unspecified atom stereocenters. The minimum absolute atomic E-state index is 0.00515. The molecule has 0 spiro atoms. The van der Waals surface area contributed by atoms with Gasteiger partial charge in [0.15, 0.2) is 0 Å². The summed E-state index contributed by atoms with van der Waals surface area (Å²) in [5.74, 6) is -2.72. The molecular formula is C15H18F2O3. The number of hydrogen-bond acceptors (Lipinski definition) is 2. The van der Waals surface area contributed by atoms with Gasteiger partial charge in [-0.1, -0.05) is 25.3 Å². The third-order valence-corrected chi connectivity index (χ3v) is 4.07. The van der Waals surface area contributed by atoms with Gasteiger partial charge in [-0.3, -0.25) is 4.79 Å². The van der Waals surface area contributed by atoms with Gasteiger partial charge in [0.1, 0.15) is 11.6 Å². The number of carboxylic acid groups (broad SMARTS) is 1. The van der Waals surface area contributed by atoms with Crippen LogP contribution in [0.5, 0.6) is 0 Å². The van der Waals surface area contributed by atoms with Gasteiger partial charge < -0.3 is 9.84 Å². The fraction of sp³-hybridized carbons (Fsp3) is 0.533. The van der Waals surface area contributed by atoms with Crippen LogP contribution in [0.2, 0.25) is 0 Å². The second-order valence-electron chi connectivity index (χ2n) is 5.28. The highest BCUT2D eigenvalue weighted by Gasteiger charge is 2.45. The molecule has 1 aliphatic carbocycles. The zero-order valence-corrected chi connectivity index (χ0v) is 11.4. The predicted molar refractivity (Wildman–Crippen MR) is 69.5 cm³/mol. The van der Waals surface area contributed by atoms with E-state index >= 15 is 0 Å². The summed E-state index contributed by atoms with van der Waals surface area (Å²) in [6.07, 6.45) is 2.77. The Hall–Kier alpha value is -1.49. The molecule has 0 aromatic heterocycles. The highest BCUT2D eigenvalue weighted by molar-refractivity contribution is 5.81. The fourth-order valence-electron chi connectivity index (χ4n) is 3.03. The maximum Gasteiger partial charge on any atom is 0.314 e. The number of benzene rings is 1. The average Bonchev–Trinajstić information content (AvgIpc) is 2.43. The fourth-order valence-corrected chi connectivity index (χ4v) is 3.03. The molecule has 0 heterocycles. The van der Waals surface area contributed by atoms with Crippen LogP contribution in [0.25, 0.3) is 0 Å².